The number of H-pyrrole nitrogens is 1. The molecular weight excluding hydrogens is 220 g/mol. The van der Waals surface area contributed by atoms with Gasteiger partial charge < -0.3 is 21.8 Å². The number of imidazole rings is 1. The van der Waals surface area contributed by atoms with Gasteiger partial charge in [-0.25, -0.2) is 4.98 Å². The first-order chi connectivity index (χ1) is 5.42. The Labute approximate surface area is 80.7 Å². The molecule has 64 valence electrons. The lowest BCUT2D eigenvalue weighted by atomic mass is 10.3. The summed E-state index contributed by atoms with van der Waals surface area (Å²) in [5.74, 6) is 0. The summed E-state index contributed by atoms with van der Waals surface area (Å²) in [5.41, 5.74) is 2.13. The van der Waals surface area contributed by atoms with Gasteiger partial charge in [-0.1, -0.05) is 12.1 Å². The van der Waals surface area contributed by atoms with Crippen LogP contribution in [0.4, 0.5) is 0 Å². The monoisotopic (exact) mass is 228 g/mol. The van der Waals surface area contributed by atoms with E-state index in [1.54, 1.807) is 18.2 Å². The van der Waals surface area contributed by atoms with E-state index in [1.165, 1.54) is 0 Å². The van der Waals surface area contributed by atoms with E-state index in [0.717, 1.165) is 11.0 Å². The van der Waals surface area contributed by atoms with Crippen LogP contribution in [-0.2, 0) is 0 Å². The molecule has 2 rings (SSSR count). The molecule has 0 fully saturated rings. The van der Waals surface area contributed by atoms with E-state index in [4.69, 9.17) is 4.84 Å². The number of fused-ring (bicyclic) bond motifs is 1. The molecule has 1 aromatic carbocycles. The normalized spacial score (nSPS) is 9.42. The van der Waals surface area contributed by atoms with Gasteiger partial charge in [0.25, 0.3) is 6.33 Å². The SMILES string of the molecule is CO[n+]1c[nH]c2ccccc21.[Br-]. The summed E-state index contributed by atoms with van der Waals surface area (Å²) in [6, 6.07) is 7.96. The number of aromatic nitrogens is 2. The lowest BCUT2D eigenvalue weighted by molar-refractivity contribution is -0.865. The van der Waals surface area contributed by atoms with Crippen LogP contribution in [0.1, 0.15) is 0 Å². The summed E-state index contributed by atoms with van der Waals surface area (Å²) < 4.78 is 1.69. The highest BCUT2D eigenvalue weighted by molar-refractivity contribution is 5.70. The molecule has 3 nitrogen and oxygen atoms in total. The summed E-state index contributed by atoms with van der Waals surface area (Å²) in [6.07, 6.45) is 1.78. The fraction of sp³-hybridized carbons (Fsp3) is 0.125. The number of nitrogens with zero attached hydrogens (tertiary/aromatic N) is 1. The lowest BCUT2D eigenvalue weighted by Crippen LogP contribution is -3.00. The number of rotatable bonds is 1. The van der Waals surface area contributed by atoms with Crippen LogP contribution in [0.25, 0.3) is 11.0 Å². The molecule has 0 aliphatic heterocycles. The van der Waals surface area contributed by atoms with Gasteiger partial charge >= 0.3 is 0 Å². The van der Waals surface area contributed by atoms with Crippen molar-refractivity contribution in [1.82, 2.24) is 4.98 Å². The first-order valence-electron chi connectivity index (χ1n) is 3.44. The molecule has 2 aromatic rings. The summed E-state index contributed by atoms with van der Waals surface area (Å²) in [4.78, 5) is 8.13. The molecule has 1 aromatic heterocycles. The first-order valence-corrected chi connectivity index (χ1v) is 3.44. The van der Waals surface area contributed by atoms with Gasteiger partial charge in [0.15, 0.2) is 5.52 Å². The third-order valence-electron chi connectivity index (χ3n) is 1.68. The van der Waals surface area contributed by atoms with Gasteiger partial charge in [-0.15, -0.1) is 0 Å². The van der Waals surface area contributed by atoms with Gasteiger partial charge in [-0.05, 0) is 16.9 Å². The molecule has 0 amide bonds. The number of para-hydroxylation sites is 2. The van der Waals surface area contributed by atoms with Crippen LogP contribution in [-0.4, -0.2) is 12.1 Å². The van der Waals surface area contributed by atoms with Crippen LogP contribution in [0.5, 0.6) is 0 Å². The topological polar surface area (TPSA) is 28.9 Å². The number of halogens is 1. The van der Waals surface area contributed by atoms with Crippen molar-refractivity contribution >= 4 is 11.0 Å². The third kappa shape index (κ3) is 1.30. The van der Waals surface area contributed by atoms with E-state index >= 15 is 0 Å². The van der Waals surface area contributed by atoms with Crippen molar-refractivity contribution in [1.29, 1.82) is 0 Å². The van der Waals surface area contributed by atoms with E-state index in [-0.39, 0.29) is 17.0 Å². The second kappa shape index (κ2) is 3.58. The van der Waals surface area contributed by atoms with E-state index in [1.807, 2.05) is 24.3 Å². The number of hydrogen-bond donors (Lipinski definition) is 1. The average molecular weight is 229 g/mol. The maximum atomic E-state index is 5.05. The summed E-state index contributed by atoms with van der Waals surface area (Å²) in [5, 5.41) is 0. The second-order valence-electron chi connectivity index (χ2n) is 2.30. The minimum absolute atomic E-state index is 0. The molecule has 0 radical (unpaired) electrons. The fourth-order valence-electron chi connectivity index (χ4n) is 1.14. The van der Waals surface area contributed by atoms with Gasteiger partial charge in [-0.2, -0.15) is 0 Å². The predicted octanol–water partition coefficient (Wildman–Crippen LogP) is -2.48. The Morgan fingerprint density at radius 3 is 2.83 bits per heavy atom. The van der Waals surface area contributed by atoms with Crippen LogP contribution in [0.2, 0.25) is 0 Å². The average Bonchev–Trinajstić information content (AvgIpc) is 2.47. The van der Waals surface area contributed by atoms with E-state index in [9.17, 15) is 0 Å². The molecule has 0 aliphatic carbocycles. The standard InChI is InChI=1S/C8H8N2O.BrH/c1-11-10-6-9-7-4-2-3-5-8(7)10;/h2-6H,1H3;1H. The molecule has 0 unspecified atom stereocenters. The Kier molecular flexibility index (Phi) is 2.70. The zero-order valence-corrected chi connectivity index (χ0v) is 8.21. The van der Waals surface area contributed by atoms with Crippen molar-refractivity contribution in [2.75, 3.05) is 7.11 Å². The first kappa shape index (κ1) is 9.06. The molecular formula is C8H9BrN2O. The molecule has 0 atom stereocenters. The quantitative estimate of drug-likeness (QED) is 0.539. The summed E-state index contributed by atoms with van der Waals surface area (Å²) in [7, 11) is 1.64. The smallest absolute Gasteiger partial charge is 0.283 e. The molecule has 0 saturated heterocycles. The molecule has 0 aliphatic rings. The summed E-state index contributed by atoms with van der Waals surface area (Å²) >= 11 is 0. The largest absolute Gasteiger partial charge is 1.00 e. The molecule has 1 N–H and O–H groups in total. The maximum Gasteiger partial charge on any atom is 0.283 e. The zero-order chi connectivity index (χ0) is 7.68. The minimum atomic E-state index is 0. The van der Waals surface area contributed by atoms with Crippen LogP contribution in [0, 0.1) is 0 Å². The summed E-state index contributed by atoms with van der Waals surface area (Å²) in [6.45, 7) is 0. The Morgan fingerprint density at radius 2 is 2.08 bits per heavy atom. The molecule has 0 bridgehead atoms. The minimum Gasteiger partial charge on any atom is -1.00 e. The number of hydrogen-bond acceptors (Lipinski definition) is 1. The van der Waals surface area contributed by atoms with E-state index in [0.29, 0.717) is 0 Å². The van der Waals surface area contributed by atoms with Crippen LogP contribution < -0.4 is 26.5 Å². The molecule has 4 heteroatoms. The van der Waals surface area contributed by atoms with Crippen molar-refractivity contribution in [3.8, 4) is 0 Å². The Bertz CT molecular complexity index is 372. The van der Waals surface area contributed by atoms with Gasteiger partial charge in [0, 0.05) is 0 Å². The van der Waals surface area contributed by atoms with E-state index in [2.05, 4.69) is 4.98 Å². The van der Waals surface area contributed by atoms with Crippen LogP contribution >= 0.6 is 0 Å². The number of benzene rings is 1. The van der Waals surface area contributed by atoms with Gasteiger partial charge in [0.2, 0.25) is 5.52 Å². The highest BCUT2D eigenvalue weighted by Gasteiger charge is 2.06. The third-order valence-corrected chi connectivity index (χ3v) is 1.68. The van der Waals surface area contributed by atoms with Crippen LogP contribution in [0.15, 0.2) is 30.6 Å². The molecule has 0 spiro atoms. The predicted molar refractivity (Wildman–Crippen MR) is 41.0 cm³/mol. The Hall–Kier alpha value is -1.03. The second-order valence-corrected chi connectivity index (χ2v) is 2.30. The van der Waals surface area contributed by atoms with Crippen LogP contribution in [0.3, 0.4) is 0 Å². The highest BCUT2D eigenvalue weighted by atomic mass is 79.9. The zero-order valence-electron chi connectivity index (χ0n) is 6.62. The van der Waals surface area contributed by atoms with Crippen molar-refractivity contribution in [3.63, 3.8) is 0 Å². The fourth-order valence-corrected chi connectivity index (χ4v) is 1.14. The van der Waals surface area contributed by atoms with Crippen molar-refractivity contribution < 1.29 is 26.5 Å². The maximum absolute atomic E-state index is 5.05. The van der Waals surface area contributed by atoms with Crippen molar-refractivity contribution in [3.05, 3.63) is 30.6 Å². The van der Waals surface area contributed by atoms with Crippen molar-refractivity contribution in [2.24, 2.45) is 0 Å². The van der Waals surface area contributed by atoms with Gasteiger partial charge in [0.05, 0.1) is 0 Å². The molecule has 1 heterocycles. The van der Waals surface area contributed by atoms with Crippen molar-refractivity contribution in [2.45, 2.75) is 0 Å². The molecule has 0 saturated carbocycles. The lowest BCUT2D eigenvalue weighted by Gasteiger charge is -1.89. The molecule has 12 heavy (non-hydrogen) atoms. The van der Waals surface area contributed by atoms with Gasteiger partial charge in [-0.3, -0.25) is 0 Å². The van der Waals surface area contributed by atoms with E-state index < -0.39 is 0 Å². The Balaban J connectivity index is 0.000000720. The van der Waals surface area contributed by atoms with Gasteiger partial charge in [0.1, 0.15) is 7.11 Å². The highest BCUT2D eigenvalue weighted by Crippen LogP contribution is 2.03. The number of nitrogens with one attached hydrogen (secondary N) is 1. The number of aromatic amines is 1. The Morgan fingerprint density at radius 1 is 1.33 bits per heavy atom.